The van der Waals surface area contributed by atoms with Gasteiger partial charge in [0.05, 0.1) is 12.1 Å². The summed E-state index contributed by atoms with van der Waals surface area (Å²) in [4.78, 5) is 27.1. The zero-order valence-electron chi connectivity index (χ0n) is 11.3. The largest absolute Gasteiger partial charge is 0.478 e. The number of rotatable bonds is 3. The number of carbonyl (C=O) groups is 2. The minimum atomic E-state index is -0.869. The van der Waals surface area contributed by atoms with Crippen molar-refractivity contribution in [2.45, 2.75) is 19.4 Å². The van der Waals surface area contributed by atoms with Gasteiger partial charge in [0, 0.05) is 26.2 Å². The van der Waals surface area contributed by atoms with Gasteiger partial charge in [-0.1, -0.05) is 12.1 Å². The topological polar surface area (TPSA) is 60.9 Å². The molecule has 2 aliphatic heterocycles. The number of nitrogens with zero attached hydrogens (tertiary/aromatic N) is 2. The summed E-state index contributed by atoms with van der Waals surface area (Å²) in [5.74, 6) is -0.680. The number of hydrogen-bond donors (Lipinski definition) is 1. The maximum atomic E-state index is 12.0. The Morgan fingerprint density at radius 1 is 1.20 bits per heavy atom. The van der Waals surface area contributed by atoms with Crippen molar-refractivity contribution in [2.75, 3.05) is 26.2 Å². The number of amides is 1. The molecule has 0 aliphatic carbocycles. The molecule has 106 valence electrons. The van der Waals surface area contributed by atoms with Crippen LogP contribution in [0.3, 0.4) is 0 Å². The summed E-state index contributed by atoms with van der Waals surface area (Å²) in [6, 6.07) is 5.40. The summed E-state index contributed by atoms with van der Waals surface area (Å²) in [5.41, 5.74) is 2.36. The fourth-order valence-electron chi connectivity index (χ4n) is 2.86. The molecule has 2 heterocycles. The van der Waals surface area contributed by atoms with Gasteiger partial charge in [0.15, 0.2) is 0 Å². The lowest BCUT2D eigenvalue weighted by Crippen LogP contribution is -2.48. The maximum Gasteiger partial charge on any atom is 0.335 e. The Hall–Kier alpha value is -1.88. The van der Waals surface area contributed by atoms with Crippen LogP contribution in [0.15, 0.2) is 18.2 Å². The molecule has 1 N–H and O–H groups in total. The van der Waals surface area contributed by atoms with Gasteiger partial charge in [-0.15, -0.1) is 0 Å². The molecule has 0 unspecified atom stereocenters. The summed E-state index contributed by atoms with van der Waals surface area (Å²) in [6.07, 6.45) is 1.81. The number of aromatic carboxylic acids is 1. The molecule has 0 radical (unpaired) electrons. The predicted octanol–water partition coefficient (Wildman–Crippen LogP) is 0.975. The van der Waals surface area contributed by atoms with Gasteiger partial charge in [-0.25, -0.2) is 4.79 Å². The first-order valence-electron chi connectivity index (χ1n) is 6.99. The number of benzene rings is 1. The van der Waals surface area contributed by atoms with E-state index in [1.165, 1.54) is 0 Å². The van der Waals surface area contributed by atoms with E-state index < -0.39 is 5.97 Å². The maximum absolute atomic E-state index is 12.0. The van der Waals surface area contributed by atoms with Crippen molar-refractivity contribution >= 4 is 11.9 Å². The van der Waals surface area contributed by atoms with Crippen molar-refractivity contribution < 1.29 is 14.7 Å². The predicted molar refractivity (Wildman–Crippen MR) is 73.6 cm³/mol. The van der Waals surface area contributed by atoms with E-state index in [9.17, 15) is 14.7 Å². The minimum absolute atomic E-state index is 0.189. The molecule has 1 saturated heterocycles. The van der Waals surface area contributed by atoms with Gasteiger partial charge in [-0.2, -0.15) is 0 Å². The molecule has 1 amide bonds. The molecule has 5 nitrogen and oxygen atoms in total. The van der Waals surface area contributed by atoms with Crippen LogP contribution in [0.5, 0.6) is 0 Å². The van der Waals surface area contributed by atoms with Gasteiger partial charge in [-0.05, 0) is 30.0 Å². The van der Waals surface area contributed by atoms with E-state index >= 15 is 0 Å². The monoisotopic (exact) mass is 274 g/mol. The Morgan fingerprint density at radius 3 is 2.65 bits per heavy atom. The summed E-state index contributed by atoms with van der Waals surface area (Å²) >= 11 is 0. The second-order valence-electron chi connectivity index (χ2n) is 5.44. The summed E-state index contributed by atoms with van der Waals surface area (Å²) in [5, 5.41) is 9.19. The van der Waals surface area contributed by atoms with Crippen molar-refractivity contribution in [2.24, 2.45) is 0 Å². The average Bonchev–Trinajstić information content (AvgIpc) is 2.35. The molecule has 0 bridgehead atoms. The number of likely N-dealkylation sites (tertiary alicyclic amines) is 1. The zero-order chi connectivity index (χ0) is 14.1. The van der Waals surface area contributed by atoms with Crippen LogP contribution < -0.4 is 0 Å². The fraction of sp³-hybridized carbons (Fsp3) is 0.467. The van der Waals surface area contributed by atoms with Crippen molar-refractivity contribution in [1.82, 2.24) is 9.80 Å². The van der Waals surface area contributed by atoms with Crippen LogP contribution in [-0.2, 0) is 17.8 Å². The highest BCUT2D eigenvalue weighted by Crippen LogP contribution is 2.23. The fourth-order valence-corrected chi connectivity index (χ4v) is 2.86. The normalized spacial score (nSPS) is 18.3. The molecule has 0 saturated carbocycles. The number of hydrogen-bond acceptors (Lipinski definition) is 3. The van der Waals surface area contributed by atoms with Gasteiger partial charge >= 0.3 is 5.97 Å². The van der Waals surface area contributed by atoms with Gasteiger partial charge in [0.1, 0.15) is 0 Å². The third-order valence-corrected chi connectivity index (χ3v) is 4.14. The second-order valence-corrected chi connectivity index (χ2v) is 5.44. The summed E-state index contributed by atoms with van der Waals surface area (Å²) in [7, 11) is 0. The molecule has 5 heteroatoms. The SMILES string of the molecule is O=C(O)c1cccc2c1CCN(CC(=O)N1CCC1)C2. The lowest BCUT2D eigenvalue weighted by atomic mass is 9.94. The molecule has 20 heavy (non-hydrogen) atoms. The molecule has 1 aromatic rings. The Balaban J connectivity index is 1.70. The Morgan fingerprint density at radius 2 is 2.00 bits per heavy atom. The molecular weight excluding hydrogens is 256 g/mol. The first-order valence-corrected chi connectivity index (χ1v) is 6.99. The Labute approximate surface area is 117 Å². The quantitative estimate of drug-likeness (QED) is 0.892. The van der Waals surface area contributed by atoms with Crippen molar-refractivity contribution in [3.05, 3.63) is 34.9 Å². The van der Waals surface area contributed by atoms with E-state index in [4.69, 9.17) is 0 Å². The van der Waals surface area contributed by atoms with Crippen molar-refractivity contribution in [1.29, 1.82) is 0 Å². The van der Waals surface area contributed by atoms with Crippen LogP contribution >= 0.6 is 0 Å². The van der Waals surface area contributed by atoms with Crippen LogP contribution in [0.1, 0.15) is 27.9 Å². The van der Waals surface area contributed by atoms with Gasteiger partial charge < -0.3 is 10.0 Å². The lowest BCUT2D eigenvalue weighted by molar-refractivity contribution is -0.136. The van der Waals surface area contributed by atoms with E-state index in [1.54, 1.807) is 12.1 Å². The first kappa shape index (κ1) is 13.1. The van der Waals surface area contributed by atoms with E-state index in [0.717, 1.165) is 37.2 Å². The molecule has 0 atom stereocenters. The number of fused-ring (bicyclic) bond motifs is 1. The minimum Gasteiger partial charge on any atom is -0.478 e. The van der Waals surface area contributed by atoms with Crippen molar-refractivity contribution in [3.63, 3.8) is 0 Å². The number of carboxylic acids is 1. The zero-order valence-corrected chi connectivity index (χ0v) is 11.3. The summed E-state index contributed by atoms with van der Waals surface area (Å²) < 4.78 is 0. The standard InChI is InChI=1S/C15H18N2O3/c18-14(17-6-2-7-17)10-16-8-5-12-11(9-16)3-1-4-13(12)15(19)20/h1,3-4H,2,5-10H2,(H,19,20). The average molecular weight is 274 g/mol. The molecule has 1 aromatic carbocycles. The smallest absolute Gasteiger partial charge is 0.335 e. The van der Waals surface area contributed by atoms with Crippen LogP contribution in [0.4, 0.5) is 0 Å². The Kier molecular flexibility index (Phi) is 3.44. The van der Waals surface area contributed by atoms with Gasteiger partial charge in [0.25, 0.3) is 0 Å². The molecular formula is C15H18N2O3. The summed E-state index contributed by atoms with van der Waals surface area (Å²) in [6.45, 7) is 3.61. The molecule has 2 aliphatic rings. The highest BCUT2D eigenvalue weighted by Gasteiger charge is 2.26. The lowest BCUT2D eigenvalue weighted by Gasteiger charge is -2.35. The second kappa shape index (κ2) is 5.25. The highest BCUT2D eigenvalue weighted by atomic mass is 16.4. The molecule has 0 spiro atoms. The Bertz CT molecular complexity index is 552. The highest BCUT2D eigenvalue weighted by molar-refractivity contribution is 5.90. The van der Waals surface area contributed by atoms with Crippen molar-refractivity contribution in [3.8, 4) is 0 Å². The molecule has 0 aromatic heterocycles. The van der Waals surface area contributed by atoms with Crippen LogP contribution in [0, 0.1) is 0 Å². The van der Waals surface area contributed by atoms with E-state index in [-0.39, 0.29) is 5.91 Å². The third kappa shape index (κ3) is 2.41. The number of carboxylic acid groups (broad SMARTS) is 1. The van der Waals surface area contributed by atoms with E-state index in [2.05, 4.69) is 4.90 Å². The van der Waals surface area contributed by atoms with Crippen LogP contribution in [0.25, 0.3) is 0 Å². The van der Waals surface area contributed by atoms with Crippen LogP contribution in [0.2, 0.25) is 0 Å². The molecule has 1 fully saturated rings. The van der Waals surface area contributed by atoms with Crippen LogP contribution in [-0.4, -0.2) is 53.0 Å². The molecule has 3 rings (SSSR count). The first-order chi connectivity index (χ1) is 9.65. The number of carbonyl (C=O) groups excluding carboxylic acids is 1. The van der Waals surface area contributed by atoms with E-state index in [1.807, 2.05) is 11.0 Å². The third-order valence-electron chi connectivity index (χ3n) is 4.14. The van der Waals surface area contributed by atoms with Gasteiger partial charge in [-0.3, -0.25) is 9.69 Å². The van der Waals surface area contributed by atoms with Gasteiger partial charge in [0.2, 0.25) is 5.91 Å². The van der Waals surface area contributed by atoms with E-state index in [0.29, 0.717) is 25.1 Å².